The van der Waals surface area contributed by atoms with Crippen molar-refractivity contribution in [2.75, 3.05) is 0 Å². The van der Waals surface area contributed by atoms with E-state index in [1.807, 2.05) is 24.6 Å². The molecule has 2 rings (SSSR count). The van der Waals surface area contributed by atoms with E-state index >= 15 is 0 Å². The Balaban J connectivity index is 2.43. The van der Waals surface area contributed by atoms with Gasteiger partial charge in [-0.25, -0.2) is 4.39 Å². The van der Waals surface area contributed by atoms with Crippen LogP contribution in [0.25, 0.3) is 0 Å². The van der Waals surface area contributed by atoms with Crippen LogP contribution in [-0.4, -0.2) is 9.55 Å². The second-order valence-corrected chi connectivity index (χ2v) is 4.22. The third-order valence-electron chi connectivity index (χ3n) is 2.74. The minimum atomic E-state index is -0.217. The van der Waals surface area contributed by atoms with Crippen molar-refractivity contribution in [1.82, 2.24) is 9.55 Å². The molecule has 0 bridgehead atoms. The van der Waals surface area contributed by atoms with E-state index in [1.165, 1.54) is 12.1 Å². The Labute approximate surface area is 98.7 Å². The van der Waals surface area contributed by atoms with Gasteiger partial charge in [0.2, 0.25) is 0 Å². The molecule has 4 heteroatoms. The van der Waals surface area contributed by atoms with E-state index < -0.39 is 0 Å². The van der Waals surface area contributed by atoms with Crippen molar-refractivity contribution in [2.45, 2.75) is 19.9 Å². The second-order valence-electron chi connectivity index (χ2n) is 3.83. The van der Waals surface area contributed by atoms with Gasteiger partial charge in [-0.15, -0.1) is 0 Å². The summed E-state index contributed by atoms with van der Waals surface area (Å²) < 4.78 is 15.5. The summed E-state index contributed by atoms with van der Waals surface area (Å²) in [5.41, 5.74) is 2.11. The molecular weight excluding hydrogens is 223 g/mol. The van der Waals surface area contributed by atoms with E-state index in [2.05, 4.69) is 4.98 Å². The average molecular weight is 236 g/mol. The highest BCUT2D eigenvalue weighted by atomic mass is 32.1. The molecule has 84 valence electrons. The molecule has 2 aromatic rings. The summed E-state index contributed by atoms with van der Waals surface area (Å²) in [5, 5.41) is 0. The van der Waals surface area contributed by atoms with Crippen LogP contribution < -0.4 is 0 Å². The first kappa shape index (κ1) is 11.1. The minimum Gasteiger partial charge on any atom is -0.337 e. The standard InChI is InChI=1S/C12H13FN2S/c1-8-7-14-12(16)15(8)9(2)10-3-5-11(13)6-4-10/h3-7,9H,1-2H3,(H,14,16). The Morgan fingerprint density at radius 2 is 1.94 bits per heavy atom. The van der Waals surface area contributed by atoms with Crippen LogP contribution >= 0.6 is 12.2 Å². The van der Waals surface area contributed by atoms with Crippen molar-refractivity contribution in [3.8, 4) is 0 Å². The van der Waals surface area contributed by atoms with Gasteiger partial charge in [-0.3, -0.25) is 0 Å². The normalized spacial score (nSPS) is 12.7. The number of H-pyrrole nitrogens is 1. The molecule has 0 saturated carbocycles. The first-order valence-electron chi connectivity index (χ1n) is 5.11. The molecule has 0 saturated heterocycles. The Morgan fingerprint density at radius 3 is 2.44 bits per heavy atom. The largest absolute Gasteiger partial charge is 0.337 e. The van der Waals surface area contributed by atoms with Gasteiger partial charge < -0.3 is 9.55 Å². The third-order valence-corrected chi connectivity index (χ3v) is 3.06. The Kier molecular flexibility index (Phi) is 2.92. The van der Waals surface area contributed by atoms with Gasteiger partial charge in [0.1, 0.15) is 5.82 Å². The van der Waals surface area contributed by atoms with Gasteiger partial charge >= 0.3 is 0 Å². The summed E-state index contributed by atoms with van der Waals surface area (Å²) in [6.07, 6.45) is 1.88. The third kappa shape index (κ3) is 1.93. The van der Waals surface area contributed by atoms with E-state index in [0.29, 0.717) is 4.77 Å². The quantitative estimate of drug-likeness (QED) is 0.790. The average Bonchev–Trinajstić information content (AvgIpc) is 2.59. The van der Waals surface area contributed by atoms with Gasteiger partial charge in [-0.05, 0) is 43.8 Å². The molecule has 1 heterocycles. The zero-order valence-electron chi connectivity index (χ0n) is 9.20. The van der Waals surface area contributed by atoms with Crippen molar-refractivity contribution < 1.29 is 4.39 Å². The maximum atomic E-state index is 12.8. The molecule has 0 aliphatic heterocycles. The van der Waals surface area contributed by atoms with Crippen molar-refractivity contribution in [1.29, 1.82) is 0 Å². The summed E-state index contributed by atoms with van der Waals surface area (Å²) in [5.74, 6) is -0.217. The molecule has 0 amide bonds. The first-order valence-corrected chi connectivity index (χ1v) is 5.52. The monoisotopic (exact) mass is 236 g/mol. The number of benzene rings is 1. The molecule has 0 aliphatic rings. The predicted octanol–water partition coefficient (Wildman–Crippen LogP) is 3.60. The van der Waals surface area contributed by atoms with Crippen LogP contribution in [0.15, 0.2) is 30.5 Å². The van der Waals surface area contributed by atoms with Crippen molar-refractivity contribution in [2.24, 2.45) is 0 Å². The summed E-state index contributed by atoms with van der Waals surface area (Å²) in [4.78, 5) is 3.00. The zero-order valence-corrected chi connectivity index (χ0v) is 10.0. The second kappa shape index (κ2) is 4.22. The van der Waals surface area contributed by atoms with Gasteiger partial charge in [-0.2, -0.15) is 0 Å². The van der Waals surface area contributed by atoms with Gasteiger partial charge in [0, 0.05) is 11.9 Å². The van der Waals surface area contributed by atoms with Crippen LogP contribution in [0.4, 0.5) is 4.39 Å². The van der Waals surface area contributed by atoms with Gasteiger partial charge in [0.15, 0.2) is 4.77 Å². The van der Waals surface area contributed by atoms with E-state index in [0.717, 1.165) is 11.3 Å². The van der Waals surface area contributed by atoms with Crippen LogP contribution in [0.2, 0.25) is 0 Å². The van der Waals surface area contributed by atoms with E-state index in [4.69, 9.17) is 12.2 Å². The summed E-state index contributed by atoms with van der Waals surface area (Å²) in [6.45, 7) is 4.04. The number of hydrogen-bond acceptors (Lipinski definition) is 1. The Bertz CT molecular complexity index is 539. The minimum absolute atomic E-state index is 0.111. The number of aryl methyl sites for hydroxylation is 1. The van der Waals surface area contributed by atoms with Crippen molar-refractivity contribution in [3.63, 3.8) is 0 Å². The fourth-order valence-electron chi connectivity index (χ4n) is 1.84. The number of hydrogen-bond donors (Lipinski definition) is 1. The maximum absolute atomic E-state index is 12.8. The fraction of sp³-hybridized carbons (Fsp3) is 0.250. The number of rotatable bonds is 2. The highest BCUT2D eigenvalue weighted by Gasteiger charge is 2.10. The molecule has 0 spiro atoms. The van der Waals surface area contributed by atoms with Crippen molar-refractivity contribution >= 4 is 12.2 Å². The van der Waals surface area contributed by atoms with E-state index in [1.54, 1.807) is 12.1 Å². The number of nitrogens with one attached hydrogen (secondary N) is 1. The lowest BCUT2D eigenvalue weighted by atomic mass is 10.1. The molecule has 1 aromatic carbocycles. The van der Waals surface area contributed by atoms with Crippen LogP contribution in [-0.2, 0) is 0 Å². The van der Waals surface area contributed by atoms with Crippen LogP contribution in [0.5, 0.6) is 0 Å². The molecule has 2 nitrogen and oxygen atoms in total. The number of aromatic amines is 1. The number of aromatic nitrogens is 2. The molecule has 1 atom stereocenters. The smallest absolute Gasteiger partial charge is 0.177 e. The van der Waals surface area contributed by atoms with Gasteiger partial charge in [-0.1, -0.05) is 12.1 Å². The molecule has 1 unspecified atom stereocenters. The molecule has 1 aromatic heterocycles. The van der Waals surface area contributed by atoms with Crippen LogP contribution in [0.3, 0.4) is 0 Å². The highest BCUT2D eigenvalue weighted by Crippen LogP contribution is 2.20. The Hall–Kier alpha value is -1.42. The van der Waals surface area contributed by atoms with Crippen LogP contribution in [0, 0.1) is 17.5 Å². The number of nitrogens with zero attached hydrogens (tertiary/aromatic N) is 1. The Morgan fingerprint density at radius 1 is 1.31 bits per heavy atom. The summed E-state index contributed by atoms with van der Waals surface area (Å²) in [7, 11) is 0. The lowest BCUT2D eigenvalue weighted by Gasteiger charge is -2.15. The summed E-state index contributed by atoms with van der Waals surface area (Å²) in [6, 6.07) is 6.62. The molecular formula is C12H13FN2S. The van der Waals surface area contributed by atoms with Crippen molar-refractivity contribution in [3.05, 3.63) is 52.3 Å². The predicted molar refractivity (Wildman–Crippen MR) is 64.6 cm³/mol. The van der Waals surface area contributed by atoms with Gasteiger partial charge in [0.05, 0.1) is 6.04 Å². The highest BCUT2D eigenvalue weighted by molar-refractivity contribution is 7.71. The zero-order chi connectivity index (χ0) is 11.7. The lowest BCUT2D eigenvalue weighted by molar-refractivity contribution is 0.604. The van der Waals surface area contributed by atoms with Gasteiger partial charge in [0.25, 0.3) is 0 Å². The van der Waals surface area contributed by atoms with Crippen LogP contribution in [0.1, 0.15) is 24.2 Å². The first-order chi connectivity index (χ1) is 7.59. The fourth-order valence-corrected chi connectivity index (χ4v) is 2.20. The van der Waals surface area contributed by atoms with E-state index in [-0.39, 0.29) is 11.9 Å². The molecule has 16 heavy (non-hydrogen) atoms. The number of imidazole rings is 1. The van der Waals surface area contributed by atoms with E-state index in [9.17, 15) is 4.39 Å². The number of halogens is 1. The lowest BCUT2D eigenvalue weighted by Crippen LogP contribution is -2.08. The molecule has 0 radical (unpaired) electrons. The molecule has 1 N–H and O–H groups in total. The maximum Gasteiger partial charge on any atom is 0.177 e. The SMILES string of the molecule is Cc1c[nH]c(=S)n1C(C)c1ccc(F)cc1. The topological polar surface area (TPSA) is 20.7 Å². The summed E-state index contributed by atoms with van der Waals surface area (Å²) >= 11 is 5.21. The molecule has 0 fully saturated rings. The molecule has 0 aliphatic carbocycles.